The minimum Gasteiger partial charge on any atom is -0.467 e. The maximum atomic E-state index is 13.6. The van der Waals surface area contributed by atoms with Gasteiger partial charge in [0.15, 0.2) is 0 Å². The van der Waals surface area contributed by atoms with Crippen LogP contribution in [0.5, 0.6) is 0 Å². The highest BCUT2D eigenvalue weighted by Gasteiger charge is 2.59. The Balaban J connectivity index is 1.57. The van der Waals surface area contributed by atoms with E-state index >= 15 is 0 Å². The molecule has 2 N–H and O–H groups in total. The smallest absolute Gasteiger partial charge is 0.328 e. The van der Waals surface area contributed by atoms with Gasteiger partial charge in [0.25, 0.3) is 0 Å². The number of esters is 2. The zero-order valence-corrected chi connectivity index (χ0v) is 28.3. The summed E-state index contributed by atoms with van der Waals surface area (Å²) >= 11 is 19.1. The lowest BCUT2D eigenvalue weighted by molar-refractivity contribution is -0.173. The first-order valence-corrected chi connectivity index (χ1v) is 16.5. The van der Waals surface area contributed by atoms with Gasteiger partial charge in [0.1, 0.15) is 11.6 Å². The van der Waals surface area contributed by atoms with Crippen LogP contribution in [-0.2, 0) is 28.7 Å². The van der Waals surface area contributed by atoms with Gasteiger partial charge in [-0.2, -0.15) is 0 Å². The van der Waals surface area contributed by atoms with Crippen LogP contribution in [0.25, 0.3) is 0 Å². The fraction of sp³-hybridized carbons (Fsp3) is 0.871. The number of rotatable bonds is 8. The highest BCUT2D eigenvalue weighted by molar-refractivity contribution is 6.28. The third kappa shape index (κ3) is 8.06. The first kappa shape index (κ1) is 35.2. The lowest BCUT2D eigenvalue weighted by Crippen LogP contribution is -2.51. The molecule has 5 atom stereocenters. The Morgan fingerprint density at radius 2 is 1.48 bits per heavy atom. The van der Waals surface area contributed by atoms with E-state index in [9.17, 15) is 19.2 Å². The molecule has 42 heavy (non-hydrogen) atoms. The molecule has 3 aliphatic rings. The van der Waals surface area contributed by atoms with Crippen LogP contribution in [0.4, 0.5) is 0 Å². The fourth-order valence-electron chi connectivity index (χ4n) is 6.95. The molecule has 0 aromatic carbocycles. The number of methoxy groups -OCH3 is 1. The molecular formula is C31H49Cl3N2O6. The van der Waals surface area contributed by atoms with Gasteiger partial charge in [0, 0.05) is 28.1 Å². The molecule has 2 unspecified atom stereocenters. The number of hydrogen-bond acceptors (Lipinski definition) is 6. The number of halogens is 3. The summed E-state index contributed by atoms with van der Waals surface area (Å²) in [6.07, 6.45) is 5.70. The quantitative estimate of drug-likeness (QED) is 0.256. The van der Waals surface area contributed by atoms with Crippen molar-refractivity contribution in [3.05, 3.63) is 0 Å². The summed E-state index contributed by atoms with van der Waals surface area (Å²) in [5.74, 6) is -1.92. The number of carbonyl (C=O) groups is 4. The average Bonchev–Trinajstić information content (AvgIpc) is 3.12. The Labute approximate surface area is 266 Å². The van der Waals surface area contributed by atoms with E-state index in [2.05, 4.69) is 10.6 Å². The fourth-order valence-corrected chi connectivity index (χ4v) is 8.60. The van der Waals surface area contributed by atoms with Crippen LogP contribution >= 0.6 is 34.8 Å². The van der Waals surface area contributed by atoms with Crippen LogP contribution in [0.15, 0.2) is 0 Å². The Bertz CT molecular complexity index is 997. The molecule has 3 aliphatic carbocycles. The number of alkyl halides is 3. The van der Waals surface area contributed by atoms with Crippen LogP contribution < -0.4 is 10.6 Å². The van der Waals surface area contributed by atoms with E-state index in [1.165, 1.54) is 7.11 Å². The molecule has 0 radical (unpaired) electrons. The maximum Gasteiger partial charge on any atom is 0.328 e. The molecule has 3 saturated carbocycles. The Morgan fingerprint density at radius 1 is 0.905 bits per heavy atom. The summed E-state index contributed by atoms with van der Waals surface area (Å²) in [5.41, 5.74) is -2.14. The van der Waals surface area contributed by atoms with Gasteiger partial charge in [-0.15, -0.1) is 34.8 Å². The van der Waals surface area contributed by atoms with Gasteiger partial charge in [-0.1, -0.05) is 13.8 Å². The molecule has 2 amide bonds. The molecule has 0 aliphatic heterocycles. The highest BCUT2D eigenvalue weighted by atomic mass is 35.5. The van der Waals surface area contributed by atoms with E-state index < -0.39 is 51.0 Å². The molecule has 0 saturated heterocycles. The lowest BCUT2D eigenvalue weighted by atomic mass is 9.65. The number of nitrogens with one attached hydrogen (secondary N) is 2. The predicted octanol–water partition coefficient (Wildman–Crippen LogP) is 5.73. The van der Waals surface area contributed by atoms with Crippen molar-refractivity contribution in [2.75, 3.05) is 7.11 Å². The molecule has 240 valence electrons. The van der Waals surface area contributed by atoms with Gasteiger partial charge in [-0.05, 0) is 96.8 Å². The molecular weight excluding hydrogens is 603 g/mol. The average molecular weight is 652 g/mol. The molecule has 0 aromatic rings. The summed E-state index contributed by atoms with van der Waals surface area (Å²) in [7, 11) is 1.32. The standard InChI is InChI=1S/C31H49Cl3N2O6/c1-29(2,3)42-28(40)31(6)13-12-20(30(31,4)5)25(37)36-23(27(39)41-7)14-17-8-10-19(11-9-17)35-26(38)24-21(33)15-18(32)16-22(24)34/h17-24H,8-16H2,1-7H3,(H,35,38)(H,36,37)/t17?,18?,19?,20-,21?,22?,23-,24?,31+/m1/s1. The molecule has 3 fully saturated rings. The summed E-state index contributed by atoms with van der Waals surface area (Å²) in [6, 6.07) is -0.784. The van der Waals surface area contributed by atoms with Gasteiger partial charge < -0.3 is 20.1 Å². The zero-order valence-electron chi connectivity index (χ0n) is 26.1. The molecule has 3 rings (SSSR count). The van der Waals surface area contributed by atoms with E-state index in [1.54, 1.807) is 0 Å². The monoisotopic (exact) mass is 650 g/mol. The second-order valence-corrected chi connectivity index (χ2v) is 16.1. The summed E-state index contributed by atoms with van der Waals surface area (Å²) < 4.78 is 10.8. The van der Waals surface area contributed by atoms with Crippen molar-refractivity contribution in [2.45, 2.75) is 133 Å². The van der Waals surface area contributed by atoms with Crippen molar-refractivity contribution < 1.29 is 28.7 Å². The van der Waals surface area contributed by atoms with Crippen molar-refractivity contribution in [1.29, 1.82) is 0 Å². The van der Waals surface area contributed by atoms with Gasteiger partial charge in [-0.25, -0.2) is 4.79 Å². The topological polar surface area (TPSA) is 111 Å². The molecule has 0 heterocycles. The van der Waals surface area contributed by atoms with E-state index in [0.717, 1.165) is 25.7 Å². The predicted molar refractivity (Wildman–Crippen MR) is 165 cm³/mol. The van der Waals surface area contributed by atoms with Crippen LogP contribution in [0.1, 0.15) is 99.3 Å². The SMILES string of the molecule is COC(=O)[C@@H](CC1CCC(NC(=O)C2C(Cl)CC(Cl)CC2Cl)CC1)NC(=O)[C@H]1CC[C@@](C)(C(=O)OC(C)(C)C)C1(C)C. The van der Waals surface area contributed by atoms with Gasteiger partial charge in [0.2, 0.25) is 11.8 Å². The molecule has 11 heteroatoms. The number of hydrogen-bond donors (Lipinski definition) is 2. The summed E-state index contributed by atoms with van der Waals surface area (Å²) in [6.45, 7) is 11.2. The minimum atomic E-state index is -0.831. The Morgan fingerprint density at radius 3 is 2.00 bits per heavy atom. The van der Waals surface area contributed by atoms with Crippen LogP contribution in [0, 0.1) is 28.6 Å². The maximum absolute atomic E-state index is 13.6. The zero-order chi connectivity index (χ0) is 31.6. The van der Waals surface area contributed by atoms with Crippen LogP contribution in [-0.4, -0.2) is 64.7 Å². The van der Waals surface area contributed by atoms with Gasteiger partial charge in [0.05, 0.1) is 18.4 Å². The third-order valence-electron chi connectivity index (χ3n) is 10.0. The van der Waals surface area contributed by atoms with E-state index in [1.807, 2.05) is 41.5 Å². The number of ether oxygens (including phenoxy) is 2. The second-order valence-electron chi connectivity index (χ2n) is 14.3. The number of amides is 2. The summed E-state index contributed by atoms with van der Waals surface area (Å²) in [5, 5.41) is 5.19. The minimum absolute atomic E-state index is 0.00574. The molecule has 8 nitrogen and oxygen atoms in total. The van der Waals surface area contributed by atoms with Crippen molar-refractivity contribution in [3.63, 3.8) is 0 Å². The third-order valence-corrected chi connectivity index (χ3v) is 11.3. The summed E-state index contributed by atoms with van der Waals surface area (Å²) in [4.78, 5) is 52.5. The second kappa shape index (κ2) is 13.8. The lowest BCUT2D eigenvalue weighted by Gasteiger charge is -2.40. The first-order chi connectivity index (χ1) is 19.4. The highest BCUT2D eigenvalue weighted by Crippen LogP contribution is 2.57. The molecule has 0 aromatic heterocycles. The van der Waals surface area contributed by atoms with Crippen molar-refractivity contribution >= 4 is 58.6 Å². The van der Waals surface area contributed by atoms with Gasteiger partial charge in [-0.3, -0.25) is 14.4 Å². The first-order valence-electron chi connectivity index (χ1n) is 15.2. The number of carbonyl (C=O) groups excluding carboxylic acids is 4. The normalized spacial score (nSPS) is 35.5. The van der Waals surface area contributed by atoms with Crippen molar-refractivity contribution in [1.82, 2.24) is 10.6 Å². The van der Waals surface area contributed by atoms with Crippen molar-refractivity contribution in [3.8, 4) is 0 Å². The Kier molecular flexibility index (Phi) is 11.6. The van der Waals surface area contributed by atoms with E-state index in [4.69, 9.17) is 44.3 Å². The molecule has 0 bridgehead atoms. The largest absolute Gasteiger partial charge is 0.467 e. The van der Waals surface area contributed by atoms with Crippen LogP contribution in [0.3, 0.4) is 0 Å². The van der Waals surface area contributed by atoms with E-state index in [-0.39, 0.29) is 35.1 Å². The van der Waals surface area contributed by atoms with Crippen molar-refractivity contribution in [2.24, 2.45) is 28.6 Å². The van der Waals surface area contributed by atoms with Gasteiger partial charge >= 0.3 is 11.9 Å². The Hall–Kier alpha value is -1.25. The van der Waals surface area contributed by atoms with Crippen LogP contribution in [0.2, 0.25) is 0 Å². The van der Waals surface area contributed by atoms with E-state index in [0.29, 0.717) is 32.1 Å². The molecule has 0 spiro atoms.